The molecule has 1 N–H and O–H groups in total. The van der Waals surface area contributed by atoms with E-state index in [9.17, 15) is 5.11 Å². The summed E-state index contributed by atoms with van der Waals surface area (Å²) in [6, 6.07) is 10.1. The Kier molecular flexibility index (Phi) is 3.97. The van der Waals surface area contributed by atoms with Gasteiger partial charge in [-0.2, -0.15) is 0 Å². The Morgan fingerprint density at radius 3 is 2.61 bits per heavy atom. The van der Waals surface area contributed by atoms with Crippen LogP contribution in [0.5, 0.6) is 0 Å². The molecule has 1 heterocycles. The third-order valence-corrected chi connectivity index (χ3v) is 3.25. The van der Waals surface area contributed by atoms with Crippen molar-refractivity contribution >= 4 is 10.9 Å². The van der Waals surface area contributed by atoms with Gasteiger partial charge in [-0.1, -0.05) is 26.0 Å². The van der Waals surface area contributed by atoms with Crippen molar-refractivity contribution in [3.63, 3.8) is 0 Å². The third-order valence-electron chi connectivity index (χ3n) is 3.25. The van der Waals surface area contributed by atoms with Gasteiger partial charge in [0.25, 0.3) is 0 Å². The van der Waals surface area contributed by atoms with Crippen LogP contribution in [0.25, 0.3) is 10.9 Å². The van der Waals surface area contributed by atoms with Crippen molar-refractivity contribution in [3.05, 3.63) is 41.6 Å². The lowest BCUT2D eigenvalue weighted by Gasteiger charge is -2.13. The van der Waals surface area contributed by atoms with Gasteiger partial charge < -0.3 is 5.11 Å². The van der Waals surface area contributed by atoms with Crippen molar-refractivity contribution in [3.8, 4) is 0 Å². The molecule has 0 bridgehead atoms. The molecular formula is C16H21NO. The molecular weight excluding hydrogens is 222 g/mol. The maximum atomic E-state index is 10.2. The Balaban J connectivity index is 2.21. The van der Waals surface area contributed by atoms with Crippen LogP contribution < -0.4 is 0 Å². The lowest BCUT2D eigenvalue weighted by atomic mass is 9.99. The van der Waals surface area contributed by atoms with E-state index >= 15 is 0 Å². The van der Waals surface area contributed by atoms with Crippen molar-refractivity contribution < 1.29 is 5.11 Å². The topological polar surface area (TPSA) is 33.1 Å². The molecule has 0 radical (unpaired) electrons. The molecule has 2 aromatic rings. The largest absolute Gasteiger partial charge is 0.388 e. The van der Waals surface area contributed by atoms with Crippen LogP contribution in [-0.2, 0) is 0 Å². The Labute approximate surface area is 109 Å². The van der Waals surface area contributed by atoms with E-state index in [1.54, 1.807) is 0 Å². The van der Waals surface area contributed by atoms with Gasteiger partial charge in [-0.05, 0) is 49.4 Å². The Morgan fingerprint density at radius 1 is 1.11 bits per heavy atom. The van der Waals surface area contributed by atoms with E-state index in [1.807, 2.05) is 31.2 Å². The van der Waals surface area contributed by atoms with Crippen LogP contribution in [0.15, 0.2) is 30.3 Å². The molecule has 0 saturated heterocycles. The van der Waals surface area contributed by atoms with E-state index in [1.165, 1.54) is 0 Å². The fraction of sp³-hybridized carbons (Fsp3) is 0.438. The summed E-state index contributed by atoms with van der Waals surface area (Å²) in [7, 11) is 0. The van der Waals surface area contributed by atoms with E-state index in [2.05, 4.69) is 24.9 Å². The highest BCUT2D eigenvalue weighted by atomic mass is 16.3. The summed E-state index contributed by atoms with van der Waals surface area (Å²) >= 11 is 0. The fourth-order valence-electron chi connectivity index (χ4n) is 2.11. The summed E-state index contributed by atoms with van der Waals surface area (Å²) in [5.74, 6) is 0.629. The van der Waals surface area contributed by atoms with Gasteiger partial charge in [0.15, 0.2) is 0 Å². The lowest BCUT2D eigenvalue weighted by Crippen LogP contribution is -2.00. The van der Waals surface area contributed by atoms with Crippen molar-refractivity contribution in [2.24, 2.45) is 5.92 Å². The molecule has 0 aliphatic carbocycles. The maximum Gasteiger partial charge on any atom is 0.0790 e. The van der Waals surface area contributed by atoms with E-state index in [4.69, 9.17) is 0 Å². The van der Waals surface area contributed by atoms with Crippen molar-refractivity contribution in [2.75, 3.05) is 0 Å². The molecule has 0 saturated carbocycles. The quantitative estimate of drug-likeness (QED) is 0.880. The zero-order chi connectivity index (χ0) is 13.1. The number of pyridine rings is 1. The van der Waals surface area contributed by atoms with Crippen molar-refractivity contribution in [2.45, 2.75) is 39.7 Å². The van der Waals surface area contributed by atoms with Crippen LogP contribution in [-0.4, -0.2) is 10.1 Å². The maximum absolute atomic E-state index is 10.2. The molecule has 0 amide bonds. The van der Waals surface area contributed by atoms with Crippen molar-refractivity contribution in [1.82, 2.24) is 4.98 Å². The second-order valence-electron chi connectivity index (χ2n) is 5.39. The summed E-state index contributed by atoms with van der Waals surface area (Å²) in [6.45, 7) is 6.35. The van der Waals surface area contributed by atoms with Crippen LogP contribution in [0.1, 0.15) is 44.1 Å². The highest BCUT2D eigenvalue weighted by molar-refractivity contribution is 5.79. The van der Waals surface area contributed by atoms with Gasteiger partial charge in [-0.25, -0.2) is 0 Å². The number of hydrogen-bond donors (Lipinski definition) is 1. The average molecular weight is 243 g/mol. The molecule has 0 aliphatic rings. The Hall–Kier alpha value is -1.41. The highest BCUT2D eigenvalue weighted by Crippen LogP contribution is 2.24. The van der Waals surface area contributed by atoms with Gasteiger partial charge in [-0.15, -0.1) is 0 Å². The smallest absolute Gasteiger partial charge is 0.0790 e. The second-order valence-corrected chi connectivity index (χ2v) is 5.39. The minimum absolute atomic E-state index is 0.363. The number of aliphatic hydroxyl groups is 1. The summed E-state index contributed by atoms with van der Waals surface area (Å²) in [6.07, 6.45) is 1.51. The molecule has 2 rings (SSSR count). The van der Waals surface area contributed by atoms with Gasteiger partial charge in [0.2, 0.25) is 0 Å². The monoisotopic (exact) mass is 243 g/mol. The fourth-order valence-corrected chi connectivity index (χ4v) is 2.11. The molecule has 96 valence electrons. The number of nitrogens with zero attached hydrogens (tertiary/aromatic N) is 1. The van der Waals surface area contributed by atoms with E-state index in [0.717, 1.165) is 35.0 Å². The zero-order valence-electron chi connectivity index (χ0n) is 11.4. The SMILES string of the molecule is Cc1ccc2cc(C(O)CCC(C)C)ccc2n1. The van der Waals surface area contributed by atoms with E-state index in [0.29, 0.717) is 5.92 Å². The van der Waals surface area contributed by atoms with Crippen LogP contribution in [0.2, 0.25) is 0 Å². The minimum Gasteiger partial charge on any atom is -0.388 e. The summed E-state index contributed by atoms with van der Waals surface area (Å²) in [5, 5.41) is 11.3. The normalized spacial score (nSPS) is 13.2. The average Bonchev–Trinajstić information content (AvgIpc) is 2.35. The van der Waals surface area contributed by atoms with Gasteiger partial charge >= 0.3 is 0 Å². The van der Waals surface area contributed by atoms with Crippen LogP contribution in [0.4, 0.5) is 0 Å². The number of aryl methyl sites for hydroxylation is 1. The van der Waals surface area contributed by atoms with Gasteiger partial charge in [0, 0.05) is 11.1 Å². The Morgan fingerprint density at radius 2 is 1.89 bits per heavy atom. The third kappa shape index (κ3) is 3.08. The zero-order valence-corrected chi connectivity index (χ0v) is 11.4. The molecule has 0 spiro atoms. The first-order valence-electron chi connectivity index (χ1n) is 6.61. The lowest BCUT2D eigenvalue weighted by molar-refractivity contribution is 0.159. The first-order chi connectivity index (χ1) is 8.56. The van der Waals surface area contributed by atoms with Crippen molar-refractivity contribution in [1.29, 1.82) is 0 Å². The number of aliphatic hydroxyl groups excluding tert-OH is 1. The second kappa shape index (κ2) is 5.49. The molecule has 1 unspecified atom stereocenters. The molecule has 1 aromatic heterocycles. The predicted octanol–water partition coefficient (Wildman–Crippen LogP) is 4.01. The molecule has 18 heavy (non-hydrogen) atoms. The molecule has 1 atom stereocenters. The molecule has 2 nitrogen and oxygen atoms in total. The first kappa shape index (κ1) is 13.0. The number of fused-ring (bicyclic) bond motifs is 1. The molecule has 2 heteroatoms. The standard InChI is InChI=1S/C16H21NO/c1-11(2)4-9-16(18)14-7-8-15-13(10-14)6-5-12(3)17-15/h5-8,10-11,16,18H,4,9H2,1-3H3. The molecule has 1 aromatic carbocycles. The van der Waals surface area contributed by atoms with E-state index < -0.39 is 0 Å². The molecule has 0 fully saturated rings. The minimum atomic E-state index is -0.363. The highest BCUT2D eigenvalue weighted by Gasteiger charge is 2.09. The predicted molar refractivity (Wildman–Crippen MR) is 75.5 cm³/mol. The van der Waals surface area contributed by atoms with Crippen LogP contribution >= 0.6 is 0 Å². The summed E-state index contributed by atoms with van der Waals surface area (Å²) in [5.41, 5.74) is 3.01. The van der Waals surface area contributed by atoms with Gasteiger partial charge in [0.05, 0.1) is 11.6 Å². The van der Waals surface area contributed by atoms with Crippen LogP contribution in [0, 0.1) is 12.8 Å². The number of benzene rings is 1. The van der Waals surface area contributed by atoms with Gasteiger partial charge in [0.1, 0.15) is 0 Å². The number of aromatic nitrogens is 1. The van der Waals surface area contributed by atoms with Gasteiger partial charge in [-0.3, -0.25) is 4.98 Å². The summed E-state index contributed by atoms with van der Waals surface area (Å²) < 4.78 is 0. The summed E-state index contributed by atoms with van der Waals surface area (Å²) in [4.78, 5) is 4.47. The number of rotatable bonds is 4. The number of hydrogen-bond acceptors (Lipinski definition) is 2. The Bertz CT molecular complexity index is 534. The van der Waals surface area contributed by atoms with E-state index in [-0.39, 0.29) is 6.10 Å². The first-order valence-corrected chi connectivity index (χ1v) is 6.61. The molecule has 0 aliphatic heterocycles. The van der Waals surface area contributed by atoms with Crippen LogP contribution in [0.3, 0.4) is 0 Å².